The number of pyridine rings is 1. The fraction of sp³-hybridized carbons (Fsp3) is 0.286. The molecule has 0 unspecified atom stereocenters. The predicted octanol–water partition coefficient (Wildman–Crippen LogP) is 4.01. The SMILES string of the molecule is Cc1cc(N2CCOCC2)c(C)cc1N=Nc1c(C#N)cnn1-c1ccccn1. The first-order valence-corrected chi connectivity index (χ1v) is 9.42. The monoisotopic (exact) mass is 387 g/mol. The fourth-order valence-electron chi connectivity index (χ4n) is 3.30. The molecule has 2 aromatic heterocycles. The summed E-state index contributed by atoms with van der Waals surface area (Å²) in [5.41, 5.74) is 4.45. The Kier molecular flexibility index (Phi) is 5.31. The summed E-state index contributed by atoms with van der Waals surface area (Å²) >= 11 is 0. The van der Waals surface area contributed by atoms with Crippen molar-refractivity contribution in [2.24, 2.45) is 10.2 Å². The summed E-state index contributed by atoms with van der Waals surface area (Å²) in [7, 11) is 0. The average Bonchev–Trinajstić information content (AvgIpc) is 3.18. The van der Waals surface area contributed by atoms with Gasteiger partial charge in [-0.05, 0) is 49.2 Å². The summed E-state index contributed by atoms with van der Waals surface area (Å²) < 4.78 is 6.97. The van der Waals surface area contributed by atoms with Crippen LogP contribution < -0.4 is 4.90 Å². The van der Waals surface area contributed by atoms with Crippen molar-refractivity contribution >= 4 is 17.2 Å². The molecular weight excluding hydrogens is 366 g/mol. The Morgan fingerprint density at radius 1 is 1.10 bits per heavy atom. The molecule has 146 valence electrons. The summed E-state index contributed by atoms with van der Waals surface area (Å²) in [5.74, 6) is 0.944. The van der Waals surface area contributed by atoms with E-state index in [9.17, 15) is 5.26 Å². The number of azo groups is 1. The number of benzene rings is 1. The van der Waals surface area contributed by atoms with Gasteiger partial charge in [-0.25, -0.2) is 4.98 Å². The lowest BCUT2D eigenvalue weighted by molar-refractivity contribution is 0.122. The molecule has 0 N–H and O–H groups in total. The fourth-order valence-corrected chi connectivity index (χ4v) is 3.30. The smallest absolute Gasteiger partial charge is 0.197 e. The van der Waals surface area contributed by atoms with Gasteiger partial charge in [0.1, 0.15) is 11.6 Å². The molecule has 0 bridgehead atoms. The Balaban J connectivity index is 1.67. The Labute approximate surface area is 169 Å². The van der Waals surface area contributed by atoms with Crippen LogP contribution in [0.5, 0.6) is 0 Å². The van der Waals surface area contributed by atoms with E-state index in [1.807, 2.05) is 25.1 Å². The molecule has 0 amide bonds. The van der Waals surface area contributed by atoms with Gasteiger partial charge in [-0.3, -0.25) is 0 Å². The molecule has 8 heteroatoms. The van der Waals surface area contributed by atoms with Crippen LogP contribution in [-0.4, -0.2) is 41.1 Å². The third-order valence-electron chi connectivity index (χ3n) is 4.85. The quantitative estimate of drug-likeness (QED) is 0.631. The van der Waals surface area contributed by atoms with Gasteiger partial charge in [0.15, 0.2) is 11.6 Å². The van der Waals surface area contributed by atoms with Gasteiger partial charge in [-0.15, -0.1) is 10.2 Å². The molecule has 3 aromatic rings. The highest BCUT2D eigenvalue weighted by Gasteiger charge is 2.16. The Morgan fingerprint density at radius 2 is 1.93 bits per heavy atom. The number of aryl methyl sites for hydroxylation is 2. The number of hydrogen-bond acceptors (Lipinski definition) is 7. The number of aromatic nitrogens is 3. The minimum absolute atomic E-state index is 0.346. The lowest BCUT2D eigenvalue weighted by Gasteiger charge is -2.30. The van der Waals surface area contributed by atoms with Crippen molar-refractivity contribution in [1.29, 1.82) is 5.26 Å². The number of nitriles is 1. The Hall–Kier alpha value is -3.57. The van der Waals surface area contributed by atoms with E-state index in [1.165, 1.54) is 16.6 Å². The van der Waals surface area contributed by atoms with Gasteiger partial charge in [0, 0.05) is 25.0 Å². The van der Waals surface area contributed by atoms with E-state index in [0.717, 1.165) is 43.1 Å². The van der Waals surface area contributed by atoms with Crippen LogP contribution in [0.3, 0.4) is 0 Å². The summed E-state index contributed by atoms with van der Waals surface area (Å²) in [5, 5.41) is 22.4. The highest BCUT2D eigenvalue weighted by molar-refractivity contribution is 5.63. The number of hydrogen-bond donors (Lipinski definition) is 0. The van der Waals surface area contributed by atoms with E-state index in [4.69, 9.17) is 4.74 Å². The van der Waals surface area contributed by atoms with Crippen LogP contribution >= 0.6 is 0 Å². The third-order valence-corrected chi connectivity index (χ3v) is 4.85. The van der Waals surface area contributed by atoms with Gasteiger partial charge < -0.3 is 9.64 Å². The van der Waals surface area contributed by atoms with E-state index < -0.39 is 0 Å². The molecule has 1 aromatic carbocycles. The second-order valence-corrected chi connectivity index (χ2v) is 6.82. The maximum absolute atomic E-state index is 9.41. The molecule has 1 fully saturated rings. The minimum atomic E-state index is 0.346. The zero-order valence-electron chi connectivity index (χ0n) is 16.4. The molecule has 8 nitrogen and oxygen atoms in total. The second-order valence-electron chi connectivity index (χ2n) is 6.82. The van der Waals surface area contributed by atoms with Crippen LogP contribution in [0, 0.1) is 25.2 Å². The van der Waals surface area contributed by atoms with Crippen molar-refractivity contribution in [2.75, 3.05) is 31.2 Å². The minimum Gasteiger partial charge on any atom is -0.378 e. The molecule has 4 rings (SSSR count). The van der Waals surface area contributed by atoms with E-state index >= 15 is 0 Å². The number of nitrogens with zero attached hydrogens (tertiary/aromatic N) is 7. The number of anilines is 1. The van der Waals surface area contributed by atoms with Gasteiger partial charge in [0.25, 0.3) is 0 Å². The molecule has 1 saturated heterocycles. The first-order chi connectivity index (χ1) is 14.2. The Bertz CT molecular complexity index is 1080. The van der Waals surface area contributed by atoms with E-state index in [2.05, 4.69) is 44.3 Å². The van der Waals surface area contributed by atoms with Crippen LogP contribution in [0.1, 0.15) is 16.7 Å². The molecule has 0 spiro atoms. The highest BCUT2D eigenvalue weighted by atomic mass is 16.5. The van der Waals surface area contributed by atoms with Gasteiger partial charge in [-0.1, -0.05) is 6.07 Å². The number of ether oxygens (including phenoxy) is 1. The van der Waals surface area contributed by atoms with E-state index in [1.54, 1.807) is 12.3 Å². The number of rotatable bonds is 4. The summed E-state index contributed by atoms with van der Waals surface area (Å²) in [6.07, 6.45) is 3.14. The van der Waals surface area contributed by atoms with Gasteiger partial charge >= 0.3 is 0 Å². The van der Waals surface area contributed by atoms with Crippen molar-refractivity contribution in [3.05, 3.63) is 59.4 Å². The molecule has 0 radical (unpaired) electrons. The van der Waals surface area contributed by atoms with Crippen LogP contribution in [0.4, 0.5) is 17.2 Å². The second kappa shape index (κ2) is 8.20. The van der Waals surface area contributed by atoms with Crippen molar-refractivity contribution in [3.8, 4) is 11.9 Å². The maximum atomic E-state index is 9.41. The highest BCUT2D eigenvalue weighted by Crippen LogP contribution is 2.31. The molecule has 29 heavy (non-hydrogen) atoms. The molecule has 1 aliphatic heterocycles. The van der Waals surface area contributed by atoms with Gasteiger partial charge in [-0.2, -0.15) is 15.0 Å². The first kappa shape index (κ1) is 18.8. The van der Waals surface area contributed by atoms with Gasteiger partial charge in [0.2, 0.25) is 0 Å². The summed E-state index contributed by atoms with van der Waals surface area (Å²) in [6, 6.07) is 11.8. The first-order valence-electron chi connectivity index (χ1n) is 9.42. The van der Waals surface area contributed by atoms with Gasteiger partial charge in [0.05, 0.1) is 25.1 Å². The van der Waals surface area contributed by atoms with Crippen LogP contribution in [0.25, 0.3) is 5.82 Å². The molecular formula is C21H21N7O. The number of morpholine rings is 1. The van der Waals surface area contributed by atoms with Crippen molar-refractivity contribution in [1.82, 2.24) is 14.8 Å². The van der Waals surface area contributed by atoms with Crippen LogP contribution in [0.15, 0.2) is 53.0 Å². The Morgan fingerprint density at radius 3 is 2.66 bits per heavy atom. The van der Waals surface area contributed by atoms with E-state index in [-0.39, 0.29) is 0 Å². The average molecular weight is 387 g/mol. The topological polar surface area (TPSA) is 91.7 Å². The zero-order chi connectivity index (χ0) is 20.2. The zero-order valence-corrected chi connectivity index (χ0v) is 16.4. The third kappa shape index (κ3) is 3.86. The molecule has 1 aliphatic rings. The molecule has 0 aliphatic carbocycles. The summed E-state index contributed by atoms with van der Waals surface area (Å²) in [4.78, 5) is 6.61. The lowest BCUT2D eigenvalue weighted by atomic mass is 10.1. The van der Waals surface area contributed by atoms with E-state index in [0.29, 0.717) is 17.2 Å². The van der Waals surface area contributed by atoms with Crippen molar-refractivity contribution in [3.63, 3.8) is 0 Å². The molecule has 0 saturated carbocycles. The largest absolute Gasteiger partial charge is 0.378 e. The maximum Gasteiger partial charge on any atom is 0.197 e. The predicted molar refractivity (Wildman–Crippen MR) is 109 cm³/mol. The van der Waals surface area contributed by atoms with Crippen molar-refractivity contribution < 1.29 is 4.74 Å². The van der Waals surface area contributed by atoms with Crippen LogP contribution in [-0.2, 0) is 4.74 Å². The van der Waals surface area contributed by atoms with Crippen LogP contribution in [0.2, 0.25) is 0 Å². The molecule has 0 atom stereocenters. The molecule has 3 heterocycles. The lowest BCUT2D eigenvalue weighted by Crippen LogP contribution is -2.36. The van der Waals surface area contributed by atoms with Crippen molar-refractivity contribution in [2.45, 2.75) is 13.8 Å². The summed E-state index contributed by atoms with van der Waals surface area (Å²) in [6.45, 7) is 7.34. The standard InChI is InChI=1S/C21H21N7O/c1-15-12-19(27-7-9-29-10-8-27)16(2)11-18(15)25-26-21-17(13-22)14-24-28(21)20-5-3-4-6-23-20/h3-6,11-12,14H,7-10H2,1-2H3. The normalized spacial score (nSPS) is 14.3.